The Hall–Kier alpha value is -2.65. The van der Waals surface area contributed by atoms with Gasteiger partial charge < -0.3 is 4.74 Å². The van der Waals surface area contributed by atoms with Crippen molar-refractivity contribution in [3.05, 3.63) is 82.5 Å². The molecule has 1 aliphatic rings. The van der Waals surface area contributed by atoms with Gasteiger partial charge in [-0.15, -0.1) is 0 Å². The Morgan fingerprint density at radius 1 is 0.971 bits per heavy atom. The Bertz CT molecular complexity index is 1080. The van der Waals surface area contributed by atoms with Crippen LogP contribution in [-0.4, -0.2) is 29.1 Å². The van der Waals surface area contributed by atoms with Gasteiger partial charge in [-0.05, 0) is 75.5 Å². The maximum Gasteiger partial charge on any atom is 0.128 e. The maximum absolute atomic E-state index is 6.45. The average molecular weight is 471 g/mol. The SMILES string of the molecule is CCc1cccc(CC)c1-c1cc(OC(C)C)c(CN(CCc2ccccc2)CC2CC2)c(C)n1. The van der Waals surface area contributed by atoms with E-state index in [4.69, 9.17) is 9.72 Å². The van der Waals surface area contributed by atoms with Gasteiger partial charge in [0, 0.05) is 42.5 Å². The zero-order valence-corrected chi connectivity index (χ0v) is 22.3. The standard InChI is InChI=1S/C32H42N2O/c1-6-27-14-11-15-28(7-2)32(27)30-20-31(35-23(3)4)29(24(5)33-30)22-34(21-26-16-17-26)19-18-25-12-9-8-10-13-25/h8-15,20,23,26H,6-7,16-19,21-22H2,1-5H3. The van der Waals surface area contributed by atoms with E-state index in [-0.39, 0.29) is 6.10 Å². The van der Waals surface area contributed by atoms with Crippen molar-refractivity contribution < 1.29 is 4.74 Å². The first-order valence-electron chi connectivity index (χ1n) is 13.5. The van der Waals surface area contributed by atoms with Gasteiger partial charge in [-0.3, -0.25) is 9.88 Å². The Balaban J connectivity index is 1.67. The van der Waals surface area contributed by atoms with Gasteiger partial charge in [0.05, 0.1) is 11.8 Å². The van der Waals surface area contributed by atoms with Gasteiger partial charge in [0.2, 0.25) is 0 Å². The monoisotopic (exact) mass is 470 g/mol. The minimum absolute atomic E-state index is 0.122. The van der Waals surface area contributed by atoms with Crippen molar-refractivity contribution in [2.45, 2.75) is 79.4 Å². The van der Waals surface area contributed by atoms with Crippen LogP contribution >= 0.6 is 0 Å². The van der Waals surface area contributed by atoms with Crippen LogP contribution in [0.4, 0.5) is 0 Å². The molecule has 0 saturated heterocycles. The summed E-state index contributed by atoms with van der Waals surface area (Å²) >= 11 is 0. The van der Waals surface area contributed by atoms with Crippen LogP contribution in [0.3, 0.4) is 0 Å². The first-order valence-corrected chi connectivity index (χ1v) is 13.5. The number of hydrogen-bond donors (Lipinski definition) is 0. The highest BCUT2D eigenvalue weighted by Crippen LogP contribution is 2.35. The summed E-state index contributed by atoms with van der Waals surface area (Å²) in [6.07, 6.45) is 5.92. The van der Waals surface area contributed by atoms with Crippen LogP contribution in [0.2, 0.25) is 0 Å². The third-order valence-electron chi connectivity index (χ3n) is 7.06. The van der Waals surface area contributed by atoms with Crippen LogP contribution in [0, 0.1) is 12.8 Å². The van der Waals surface area contributed by atoms with E-state index < -0.39 is 0 Å². The smallest absolute Gasteiger partial charge is 0.128 e. The molecule has 0 radical (unpaired) electrons. The van der Waals surface area contributed by atoms with Crippen LogP contribution in [0.15, 0.2) is 54.6 Å². The van der Waals surface area contributed by atoms with Crippen LogP contribution in [-0.2, 0) is 25.8 Å². The molecule has 0 atom stereocenters. The van der Waals surface area contributed by atoms with Crippen molar-refractivity contribution >= 4 is 0 Å². The second kappa shape index (κ2) is 11.9. The molecule has 3 nitrogen and oxygen atoms in total. The first-order chi connectivity index (χ1) is 17.0. The lowest BCUT2D eigenvalue weighted by Crippen LogP contribution is -2.29. The van der Waals surface area contributed by atoms with Gasteiger partial charge in [0.15, 0.2) is 0 Å². The molecule has 1 fully saturated rings. The van der Waals surface area contributed by atoms with Gasteiger partial charge >= 0.3 is 0 Å². The number of pyridine rings is 1. The lowest BCUT2D eigenvalue weighted by Gasteiger charge is -2.26. The molecule has 3 heteroatoms. The summed E-state index contributed by atoms with van der Waals surface area (Å²) < 4.78 is 6.45. The van der Waals surface area contributed by atoms with Crippen LogP contribution in [0.5, 0.6) is 5.75 Å². The number of rotatable bonds is 12. The summed E-state index contributed by atoms with van der Waals surface area (Å²) in [5, 5.41) is 0. The fourth-order valence-electron chi connectivity index (χ4n) is 4.98. The molecule has 0 N–H and O–H groups in total. The molecule has 0 amide bonds. The summed E-state index contributed by atoms with van der Waals surface area (Å²) in [6.45, 7) is 14.0. The van der Waals surface area contributed by atoms with E-state index in [2.05, 4.69) is 94.1 Å². The predicted molar refractivity (Wildman–Crippen MR) is 147 cm³/mol. The van der Waals surface area contributed by atoms with E-state index >= 15 is 0 Å². The summed E-state index contributed by atoms with van der Waals surface area (Å²) in [4.78, 5) is 7.81. The van der Waals surface area contributed by atoms with Crippen molar-refractivity contribution in [3.63, 3.8) is 0 Å². The molecular weight excluding hydrogens is 428 g/mol. The van der Waals surface area contributed by atoms with Crippen LogP contribution in [0.1, 0.15) is 68.5 Å². The molecule has 0 aliphatic heterocycles. The van der Waals surface area contributed by atoms with Gasteiger partial charge in [-0.25, -0.2) is 0 Å². The lowest BCUT2D eigenvalue weighted by molar-refractivity contribution is 0.223. The highest BCUT2D eigenvalue weighted by atomic mass is 16.5. The van der Waals surface area contributed by atoms with Crippen LogP contribution in [0.25, 0.3) is 11.3 Å². The van der Waals surface area contributed by atoms with Gasteiger partial charge in [0.1, 0.15) is 5.75 Å². The van der Waals surface area contributed by atoms with Gasteiger partial charge in [-0.2, -0.15) is 0 Å². The largest absolute Gasteiger partial charge is 0.491 e. The van der Waals surface area contributed by atoms with Crippen LogP contribution < -0.4 is 4.74 Å². The Labute approximate surface area is 212 Å². The molecule has 1 aliphatic carbocycles. The molecule has 0 spiro atoms. The summed E-state index contributed by atoms with van der Waals surface area (Å²) in [5.74, 6) is 1.84. The Morgan fingerprint density at radius 3 is 2.26 bits per heavy atom. The van der Waals surface area contributed by atoms with Gasteiger partial charge in [0.25, 0.3) is 0 Å². The Kier molecular flexibility index (Phi) is 8.62. The first kappa shape index (κ1) is 25.4. The molecular formula is C32H42N2O. The average Bonchev–Trinajstić information content (AvgIpc) is 3.68. The molecule has 1 aromatic heterocycles. The number of ether oxygens (including phenoxy) is 1. The Morgan fingerprint density at radius 2 is 1.66 bits per heavy atom. The summed E-state index contributed by atoms with van der Waals surface area (Å²) in [5.41, 5.74) is 8.79. The molecule has 1 saturated carbocycles. The zero-order chi connectivity index (χ0) is 24.8. The fourth-order valence-corrected chi connectivity index (χ4v) is 4.98. The molecule has 3 aromatic rings. The van der Waals surface area contributed by atoms with E-state index in [0.29, 0.717) is 0 Å². The highest BCUT2D eigenvalue weighted by molar-refractivity contribution is 5.70. The number of hydrogen-bond acceptors (Lipinski definition) is 3. The predicted octanol–water partition coefficient (Wildman–Crippen LogP) is 7.42. The molecule has 0 bridgehead atoms. The minimum atomic E-state index is 0.122. The summed E-state index contributed by atoms with van der Waals surface area (Å²) in [7, 11) is 0. The number of benzene rings is 2. The van der Waals surface area contributed by atoms with Crippen molar-refractivity contribution in [2.24, 2.45) is 5.92 Å². The molecule has 35 heavy (non-hydrogen) atoms. The highest BCUT2D eigenvalue weighted by Gasteiger charge is 2.26. The van der Waals surface area contributed by atoms with E-state index in [1.807, 2.05) is 0 Å². The number of aromatic nitrogens is 1. The molecule has 0 unspecified atom stereocenters. The van der Waals surface area contributed by atoms with Crippen molar-refractivity contribution in [2.75, 3.05) is 13.1 Å². The summed E-state index contributed by atoms with van der Waals surface area (Å²) in [6, 6.07) is 19.7. The van der Waals surface area contributed by atoms with Gasteiger partial charge in [-0.1, -0.05) is 62.4 Å². The topological polar surface area (TPSA) is 25.4 Å². The maximum atomic E-state index is 6.45. The quantitative estimate of drug-likeness (QED) is 0.275. The normalized spacial score (nSPS) is 13.6. The van der Waals surface area contributed by atoms with Crippen molar-refractivity contribution in [1.82, 2.24) is 9.88 Å². The van der Waals surface area contributed by atoms with E-state index in [9.17, 15) is 0 Å². The lowest BCUT2D eigenvalue weighted by atomic mass is 9.94. The number of aryl methyl sites for hydroxylation is 3. The van der Waals surface area contributed by atoms with E-state index in [1.54, 1.807) is 0 Å². The second-order valence-corrected chi connectivity index (χ2v) is 10.3. The van der Waals surface area contributed by atoms with Crippen molar-refractivity contribution in [3.8, 4) is 17.0 Å². The third kappa shape index (κ3) is 6.73. The molecule has 186 valence electrons. The zero-order valence-electron chi connectivity index (χ0n) is 22.3. The van der Waals surface area contributed by atoms with E-state index in [0.717, 1.165) is 62.0 Å². The third-order valence-corrected chi connectivity index (χ3v) is 7.06. The molecule has 4 rings (SSSR count). The molecule has 1 heterocycles. The molecule has 2 aromatic carbocycles. The second-order valence-electron chi connectivity index (χ2n) is 10.3. The van der Waals surface area contributed by atoms with E-state index in [1.165, 1.54) is 40.7 Å². The number of nitrogens with zero attached hydrogens (tertiary/aromatic N) is 2. The fraction of sp³-hybridized carbons (Fsp3) is 0.469. The van der Waals surface area contributed by atoms with Crippen molar-refractivity contribution in [1.29, 1.82) is 0 Å². The minimum Gasteiger partial charge on any atom is -0.491 e.